The molecule has 1 aliphatic carbocycles. The molecule has 1 N–H and O–H groups in total. The molecule has 152 valence electrons. The minimum Gasteiger partial charge on any atom is -0.493 e. The Morgan fingerprint density at radius 1 is 1.21 bits per heavy atom. The van der Waals surface area contributed by atoms with Crippen LogP contribution in [0.3, 0.4) is 0 Å². The summed E-state index contributed by atoms with van der Waals surface area (Å²) < 4.78 is 10.9. The Bertz CT molecular complexity index is 1050. The zero-order valence-electron chi connectivity index (χ0n) is 17.5. The molecule has 4 rings (SSSR count). The van der Waals surface area contributed by atoms with Crippen LogP contribution in [0.4, 0.5) is 0 Å². The zero-order chi connectivity index (χ0) is 20.5. The summed E-state index contributed by atoms with van der Waals surface area (Å²) in [4.78, 5) is 18.4. The molecule has 2 aromatic carbocycles. The fourth-order valence-corrected chi connectivity index (χ4v) is 4.35. The topological polar surface area (TPSA) is 54.6 Å². The van der Waals surface area contributed by atoms with E-state index in [0.717, 1.165) is 23.9 Å². The summed E-state index contributed by atoms with van der Waals surface area (Å²) in [5, 5.41) is 1.18. The number of H-pyrrole nitrogens is 1. The lowest BCUT2D eigenvalue weighted by Gasteiger charge is -2.20. The number of hydrogen-bond donors (Lipinski definition) is 1. The van der Waals surface area contributed by atoms with E-state index < -0.39 is 0 Å². The van der Waals surface area contributed by atoms with Crippen molar-refractivity contribution in [3.8, 4) is 11.5 Å². The van der Waals surface area contributed by atoms with Crippen LogP contribution >= 0.6 is 0 Å². The average Bonchev–Trinajstić information content (AvgIpc) is 3.09. The second kappa shape index (κ2) is 7.82. The molecule has 0 saturated heterocycles. The fourth-order valence-electron chi connectivity index (χ4n) is 4.35. The number of para-hydroxylation sites is 1. The summed E-state index contributed by atoms with van der Waals surface area (Å²) in [7, 11) is 5.05. The lowest BCUT2D eigenvalue weighted by Crippen LogP contribution is -2.26. The average molecular weight is 392 g/mol. The van der Waals surface area contributed by atoms with E-state index in [0.29, 0.717) is 29.5 Å². The summed E-state index contributed by atoms with van der Waals surface area (Å²) >= 11 is 0. The Kier molecular flexibility index (Phi) is 5.22. The molecule has 5 nitrogen and oxygen atoms in total. The van der Waals surface area contributed by atoms with Crippen molar-refractivity contribution in [2.75, 3.05) is 21.3 Å². The van der Waals surface area contributed by atoms with Gasteiger partial charge >= 0.3 is 0 Å². The number of amides is 1. The van der Waals surface area contributed by atoms with E-state index in [4.69, 9.17) is 9.47 Å². The van der Waals surface area contributed by atoms with Crippen LogP contribution in [0.5, 0.6) is 11.5 Å². The minimum atomic E-state index is -0.00409. The van der Waals surface area contributed by atoms with Gasteiger partial charge in [0.1, 0.15) is 0 Å². The highest BCUT2D eigenvalue weighted by atomic mass is 16.5. The maximum absolute atomic E-state index is 13.1. The molecule has 1 aliphatic rings. The number of methoxy groups -OCH3 is 2. The maximum atomic E-state index is 13.1. The van der Waals surface area contributed by atoms with E-state index in [1.807, 2.05) is 43.4 Å². The van der Waals surface area contributed by atoms with E-state index in [9.17, 15) is 4.79 Å². The van der Waals surface area contributed by atoms with Crippen LogP contribution in [-0.4, -0.2) is 37.1 Å². The van der Waals surface area contributed by atoms with Gasteiger partial charge in [-0.1, -0.05) is 19.1 Å². The number of ether oxygens (including phenoxy) is 2. The van der Waals surface area contributed by atoms with Gasteiger partial charge < -0.3 is 19.4 Å². The predicted molar refractivity (Wildman–Crippen MR) is 115 cm³/mol. The Labute approximate surface area is 171 Å². The standard InChI is InChI=1S/C24H28N2O3/c1-15-8-10-20-18(12-15)19-13-16(9-11-21(19)25-20)24(27)26(2)14-17-6-5-7-22(28-3)23(17)29-4/h5-7,9,11,13,15,25H,8,10,12,14H2,1-4H3/t15-/m0/s1. The number of aromatic nitrogens is 1. The third-order valence-corrected chi connectivity index (χ3v) is 5.92. The first-order chi connectivity index (χ1) is 14.0. The number of benzene rings is 2. The Hall–Kier alpha value is -2.95. The number of carbonyl (C=O) groups is 1. The quantitative estimate of drug-likeness (QED) is 0.691. The second-order valence-electron chi connectivity index (χ2n) is 8.00. The highest BCUT2D eigenvalue weighted by Gasteiger charge is 2.22. The molecule has 0 bridgehead atoms. The van der Waals surface area contributed by atoms with Crippen LogP contribution in [0.25, 0.3) is 10.9 Å². The van der Waals surface area contributed by atoms with Crippen molar-refractivity contribution in [3.05, 3.63) is 58.8 Å². The van der Waals surface area contributed by atoms with Gasteiger partial charge in [0, 0.05) is 41.3 Å². The number of nitrogens with zero attached hydrogens (tertiary/aromatic N) is 1. The SMILES string of the molecule is COc1cccc(CN(C)C(=O)c2ccc3[nH]c4c(c3c2)C[C@@H](C)CC4)c1OC. The van der Waals surface area contributed by atoms with Gasteiger partial charge in [-0.15, -0.1) is 0 Å². The Morgan fingerprint density at radius 2 is 2.03 bits per heavy atom. The van der Waals surface area contributed by atoms with E-state index in [-0.39, 0.29) is 5.91 Å². The summed E-state index contributed by atoms with van der Waals surface area (Å²) in [5.74, 6) is 2.01. The molecule has 1 heterocycles. The molecule has 1 atom stereocenters. The number of rotatable bonds is 5. The molecule has 0 aliphatic heterocycles. The minimum absolute atomic E-state index is 0.00409. The normalized spacial score (nSPS) is 15.8. The summed E-state index contributed by atoms with van der Waals surface area (Å²) in [6.07, 6.45) is 3.38. The first kappa shape index (κ1) is 19.4. The molecular weight excluding hydrogens is 364 g/mol. The number of carbonyl (C=O) groups excluding carboxylic acids is 1. The molecule has 0 saturated carbocycles. The Morgan fingerprint density at radius 3 is 2.79 bits per heavy atom. The number of fused-ring (bicyclic) bond motifs is 3. The van der Waals surface area contributed by atoms with Crippen molar-refractivity contribution in [2.24, 2.45) is 5.92 Å². The zero-order valence-corrected chi connectivity index (χ0v) is 17.5. The van der Waals surface area contributed by atoms with Gasteiger partial charge in [0.05, 0.1) is 14.2 Å². The number of nitrogens with one attached hydrogen (secondary N) is 1. The molecule has 0 unspecified atom stereocenters. The molecule has 1 aromatic heterocycles. The molecule has 0 spiro atoms. The molecular formula is C24H28N2O3. The van der Waals surface area contributed by atoms with E-state index in [1.165, 1.54) is 23.1 Å². The van der Waals surface area contributed by atoms with Gasteiger partial charge in [-0.05, 0) is 55.0 Å². The van der Waals surface area contributed by atoms with Crippen LogP contribution in [0.2, 0.25) is 0 Å². The van der Waals surface area contributed by atoms with E-state index >= 15 is 0 Å². The highest BCUT2D eigenvalue weighted by Crippen LogP contribution is 2.33. The monoisotopic (exact) mass is 392 g/mol. The predicted octanol–water partition coefficient (Wildman–Crippen LogP) is 4.58. The molecule has 29 heavy (non-hydrogen) atoms. The van der Waals surface area contributed by atoms with Crippen LogP contribution in [0, 0.1) is 5.92 Å². The van der Waals surface area contributed by atoms with Crippen molar-refractivity contribution in [1.82, 2.24) is 9.88 Å². The van der Waals surface area contributed by atoms with E-state index in [1.54, 1.807) is 19.1 Å². The van der Waals surface area contributed by atoms with Crippen LogP contribution in [-0.2, 0) is 19.4 Å². The lowest BCUT2D eigenvalue weighted by molar-refractivity contribution is 0.0784. The molecule has 5 heteroatoms. The molecule has 1 amide bonds. The first-order valence-corrected chi connectivity index (χ1v) is 10.1. The van der Waals surface area contributed by atoms with Crippen LogP contribution < -0.4 is 9.47 Å². The largest absolute Gasteiger partial charge is 0.493 e. The summed E-state index contributed by atoms with van der Waals surface area (Å²) in [6, 6.07) is 11.7. The second-order valence-corrected chi connectivity index (χ2v) is 8.00. The van der Waals surface area contributed by atoms with Crippen molar-refractivity contribution >= 4 is 16.8 Å². The Balaban J connectivity index is 1.61. The van der Waals surface area contributed by atoms with Crippen molar-refractivity contribution in [2.45, 2.75) is 32.7 Å². The van der Waals surface area contributed by atoms with Gasteiger partial charge in [0.15, 0.2) is 11.5 Å². The summed E-state index contributed by atoms with van der Waals surface area (Å²) in [5.41, 5.74) is 5.46. The fraction of sp³-hybridized carbons (Fsp3) is 0.375. The van der Waals surface area contributed by atoms with Gasteiger partial charge in [0.25, 0.3) is 5.91 Å². The summed E-state index contributed by atoms with van der Waals surface area (Å²) in [6.45, 7) is 2.74. The van der Waals surface area contributed by atoms with Gasteiger partial charge in [-0.25, -0.2) is 0 Å². The number of hydrogen-bond acceptors (Lipinski definition) is 3. The number of aryl methyl sites for hydroxylation is 1. The molecule has 0 radical (unpaired) electrons. The lowest BCUT2D eigenvalue weighted by atomic mass is 9.87. The van der Waals surface area contributed by atoms with Gasteiger partial charge in [0.2, 0.25) is 0 Å². The van der Waals surface area contributed by atoms with Crippen LogP contribution in [0.15, 0.2) is 36.4 Å². The molecule has 0 fully saturated rings. The highest BCUT2D eigenvalue weighted by molar-refractivity contribution is 5.99. The third kappa shape index (κ3) is 3.57. The van der Waals surface area contributed by atoms with Gasteiger partial charge in [-0.2, -0.15) is 0 Å². The van der Waals surface area contributed by atoms with Crippen LogP contribution in [0.1, 0.15) is 40.5 Å². The number of aromatic amines is 1. The third-order valence-electron chi connectivity index (χ3n) is 5.92. The van der Waals surface area contributed by atoms with Crippen molar-refractivity contribution < 1.29 is 14.3 Å². The smallest absolute Gasteiger partial charge is 0.253 e. The van der Waals surface area contributed by atoms with Crippen molar-refractivity contribution in [3.63, 3.8) is 0 Å². The van der Waals surface area contributed by atoms with E-state index in [2.05, 4.69) is 11.9 Å². The first-order valence-electron chi connectivity index (χ1n) is 10.1. The van der Waals surface area contributed by atoms with Gasteiger partial charge in [-0.3, -0.25) is 4.79 Å². The molecule has 3 aromatic rings. The maximum Gasteiger partial charge on any atom is 0.253 e. The van der Waals surface area contributed by atoms with Crippen molar-refractivity contribution in [1.29, 1.82) is 0 Å².